The number of aliphatic carboxylic acids is 1. The Balaban J connectivity index is 1.97. The predicted octanol–water partition coefficient (Wildman–Crippen LogP) is 0.334. The van der Waals surface area contributed by atoms with Gasteiger partial charge in [0.25, 0.3) is 0 Å². The van der Waals surface area contributed by atoms with Crippen LogP contribution in [0.15, 0.2) is 0 Å². The summed E-state index contributed by atoms with van der Waals surface area (Å²) in [4.78, 5) is 24.3. The van der Waals surface area contributed by atoms with Crippen LogP contribution in [-0.4, -0.2) is 58.4 Å². The molecule has 2 aliphatic rings. The van der Waals surface area contributed by atoms with Gasteiger partial charge >= 0.3 is 12.0 Å². The summed E-state index contributed by atoms with van der Waals surface area (Å²) in [7, 11) is 0. The Morgan fingerprint density at radius 2 is 2.35 bits per heavy atom. The maximum Gasteiger partial charge on any atom is 0.327 e. The summed E-state index contributed by atoms with van der Waals surface area (Å²) < 4.78 is 5.24. The van der Waals surface area contributed by atoms with E-state index in [9.17, 15) is 9.59 Å². The third-order valence-corrected chi connectivity index (χ3v) is 4.07. The number of carbonyl (C=O) groups is 2. The molecule has 96 valence electrons. The lowest BCUT2D eigenvalue weighted by Gasteiger charge is -2.28. The highest BCUT2D eigenvalue weighted by Crippen LogP contribution is 2.23. The topological polar surface area (TPSA) is 78.9 Å². The summed E-state index contributed by atoms with van der Waals surface area (Å²) in [6.45, 7) is 3.03. The van der Waals surface area contributed by atoms with E-state index in [1.165, 1.54) is 16.7 Å². The largest absolute Gasteiger partial charge is 0.480 e. The van der Waals surface area contributed by atoms with Gasteiger partial charge in [0.2, 0.25) is 0 Å². The standard InChI is InChI=1S/C10H16N2O4S/c1-10(2-3-16-5-10)11-9(15)12-6-17-4-7(12)8(13)14/h7H,2-6H2,1H3,(H,11,15)(H,13,14)/t7-,10?/m0/s1. The molecular weight excluding hydrogens is 244 g/mol. The zero-order chi connectivity index (χ0) is 12.5. The lowest BCUT2D eigenvalue weighted by Crippen LogP contribution is -2.54. The predicted molar refractivity (Wildman–Crippen MR) is 63.0 cm³/mol. The number of carboxylic acids is 1. The van der Waals surface area contributed by atoms with Crippen molar-refractivity contribution in [1.29, 1.82) is 0 Å². The molecule has 17 heavy (non-hydrogen) atoms. The van der Waals surface area contributed by atoms with Gasteiger partial charge in [-0.15, -0.1) is 11.8 Å². The van der Waals surface area contributed by atoms with E-state index in [0.717, 1.165) is 6.42 Å². The monoisotopic (exact) mass is 260 g/mol. The van der Waals surface area contributed by atoms with Crippen molar-refractivity contribution in [3.05, 3.63) is 0 Å². The molecule has 7 heteroatoms. The van der Waals surface area contributed by atoms with Crippen molar-refractivity contribution in [1.82, 2.24) is 10.2 Å². The van der Waals surface area contributed by atoms with Gasteiger partial charge in [0.15, 0.2) is 0 Å². The zero-order valence-corrected chi connectivity index (χ0v) is 10.5. The molecular formula is C10H16N2O4S. The second-order valence-corrected chi connectivity index (χ2v) is 5.62. The van der Waals surface area contributed by atoms with Crippen molar-refractivity contribution in [2.45, 2.75) is 24.9 Å². The van der Waals surface area contributed by atoms with Crippen LogP contribution in [0, 0.1) is 0 Å². The number of urea groups is 1. The van der Waals surface area contributed by atoms with E-state index < -0.39 is 12.0 Å². The molecule has 2 N–H and O–H groups in total. The summed E-state index contributed by atoms with van der Waals surface area (Å²) in [6.07, 6.45) is 0.761. The summed E-state index contributed by atoms with van der Waals surface area (Å²) >= 11 is 1.46. The molecule has 0 spiro atoms. The van der Waals surface area contributed by atoms with E-state index in [4.69, 9.17) is 9.84 Å². The van der Waals surface area contributed by atoms with E-state index in [2.05, 4.69) is 5.32 Å². The van der Waals surface area contributed by atoms with Gasteiger partial charge in [0.05, 0.1) is 18.0 Å². The lowest BCUT2D eigenvalue weighted by molar-refractivity contribution is -0.140. The van der Waals surface area contributed by atoms with E-state index in [1.807, 2.05) is 6.92 Å². The Morgan fingerprint density at radius 3 is 2.94 bits per heavy atom. The van der Waals surface area contributed by atoms with E-state index in [1.54, 1.807) is 0 Å². The highest BCUT2D eigenvalue weighted by Gasteiger charge is 2.38. The number of amides is 2. The van der Waals surface area contributed by atoms with Gasteiger partial charge in [-0.3, -0.25) is 0 Å². The maximum absolute atomic E-state index is 12.0. The van der Waals surface area contributed by atoms with Gasteiger partial charge in [-0.25, -0.2) is 9.59 Å². The maximum atomic E-state index is 12.0. The third kappa shape index (κ3) is 2.66. The average Bonchev–Trinajstić information content (AvgIpc) is 2.85. The normalized spacial score (nSPS) is 32.8. The van der Waals surface area contributed by atoms with Crippen LogP contribution in [0.4, 0.5) is 4.79 Å². The van der Waals surface area contributed by atoms with Crippen LogP contribution in [0.5, 0.6) is 0 Å². The van der Waals surface area contributed by atoms with Crippen molar-refractivity contribution >= 4 is 23.8 Å². The second-order valence-electron chi connectivity index (χ2n) is 4.62. The van der Waals surface area contributed by atoms with Crippen molar-refractivity contribution in [3.8, 4) is 0 Å². The van der Waals surface area contributed by atoms with Crippen LogP contribution in [-0.2, 0) is 9.53 Å². The van der Waals surface area contributed by atoms with E-state index >= 15 is 0 Å². The third-order valence-electron chi connectivity index (χ3n) is 3.06. The van der Waals surface area contributed by atoms with Crippen LogP contribution >= 0.6 is 11.8 Å². The first-order valence-corrected chi connectivity index (χ1v) is 6.64. The molecule has 2 rings (SSSR count). The van der Waals surface area contributed by atoms with E-state index in [0.29, 0.717) is 24.8 Å². The van der Waals surface area contributed by atoms with Gasteiger partial charge in [-0.05, 0) is 13.3 Å². The second kappa shape index (κ2) is 4.73. The smallest absolute Gasteiger partial charge is 0.327 e. The SMILES string of the molecule is CC1(NC(=O)N2CSC[C@H]2C(=O)O)CCOC1. The minimum Gasteiger partial charge on any atom is -0.480 e. The number of rotatable bonds is 2. The number of nitrogens with one attached hydrogen (secondary N) is 1. The van der Waals surface area contributed by atoms with E-state index in [-0.39, 0.29) is 11.6 Å². The molecule has 1 unspecified atom stereocenters. The van der Waals surface area contributed by atoms with Crippen LogP contribution in [0.2, 0.25) is 0 Å². The Morgan fingerprint density at radius 1 is 1.59 bits per heavy atom. The summed E-state index contributed by atoms with van der Waals surface area (Å²) in [5.74, 6) is -0.0617. The molecule has 0 saturated carbocycles. The lowest BCUT2D eigenvalue weighted by atomic mass is 10.0. The fourth-order valence-electron chi connectivity index (χ4n) is 1.94. The molecule has 2 saturated heterocycles. The van der Waals surface area contributed by atoms with Crippen LogP contribution < -0.4 is 5.32 Å². The van der Waals surface area contributed by atoms with Crippen LogP contribution in [0.1, 0.15) is 13.3 Å². The Bertz CT molecular complexity index is 330. The Kier molecular flexibility index (Phi) is 3.48. The first kappa shape index (κ1) is 12.5. The Hall–Kier alpha value is -0.950. The molecule has 2 aliphatic heterocycles. The zero-order valence-electron chi connectivity index (χ0n) is 9.64. The number of thioether (sulfide) groups is 1. The fourth-order valence-corrected chi connectivity index (χ4v) is 3.09. The minimum atomic E-state index is -0.946. The molecule has 6 nitrogen and oxygen atoms in total. The number of carboxylic acid groups (broad SMARTS) is 1. The molecule has 0 aromatic carbocycles. The number of carbonyl (C=O) groups excluding carboxylic acids is 1. The quantitative estimate of drug-likeness (QED) is 0.748. The van der Waals surface area contributed by atoms with Gasteiger partial charge in [-0.2, -0.15) is 0 Å². The van der Waals surface area contributed by atoms with Crippen LogP contribution in [0.25, 0.3) is 0 Å². The summed E-state index contributed by atoms with van der Waals surface area (Å²) in [6, 6.07) is -1.03. The van der Waals surface area contributed by atoms with Gasteiger partial charge in [0, 0.05) is 12.4 Å². The highest BCUT2D eigenvalue weighted by molar-refractivity contribution is 7.99. The van der Waals surface area contributed by atoms with Crippen molar-refractivity contribution < 1.29 is 19.4 Å². The van der Waals surface area contributed by atoms with Crippen molar-refractivity contribution in [2.75, 3.05) is 24.8 Å². The molecule has 0 aromatic heterocycles. The van der Waals surface area contributed by atoms with Crippen molar-refractivity contribution in [2.24, 2.45) is 0 Å². The first-order chi connectivity index (χ1) is 8.02. The molecule has 0 aliphatic carbocycles. The highest BCUT2D eigenvalue weighted by atomic mass is 32.2. The molecule has 2 amide bonds. The molecule has 0 radical (unpaired) electrons. The Labute approximate surface area is 104 Å². The number of hydrogen-bond acceptors (Lipinski definition) is 4. The first-order valence-electron chi connectivity index (χ1n) is 5.49. The van der Waals surface area contributed by atoms with Crippen LogP contribution in [0.3, 0.4) is 0 Å². The molecule has 2 heterocycles. The molecule has 0 bridgehead atoms. The van der Waals surface area contributed by atoms with Gasteiger partial charge < -0.3 is 20.1 Å². The number of hydrogen-bond donors (Lipinski definition) is 2. The van der Waals surface area contributed by atoms with Gasteiger partial charge in [0.1, 0.15) is 6.04 Å². The number of ether oxygens (including phenoxy) is 1. The minimum absolute atomic E-state index is 0.310. The van der Waals surface area contributed by atoms with Crippen molar-refractivity contribution in [3.63, 3.8) is 0 Å². The number of nitrogens with zero attached hydrogens (tertiary/aromatic N) is 1. The van der Waals surface area contributed by atoms with Gasteiger partial charge in [-0.1, -0.05) is 0 Å². The average molecular weight is 260 g/mol. The summed E-state index contributed by atoms with van der Waals surface area (Å²) in [5.41, 5.74) is -0.368. The molecule has 2 atom stereocenters. The summed E-state index contributed by atoms with van der Waals surface area (Å²) in [5, 5.41) is 11.9. The molecule has 2 fully saturated rings. The fraction of sp³-hybridized carbons (Fsp3) is 0.800. The molecule has 0 aromatic rings.